The van der Waals surface area contributed by atoms with Crippen LogP contribution >= 0.6 is 23.2 Å². The molecule has 1 N–H and O–H groups in total. The molecule has 1 saturated heterocycles. The first-order chi connectivity index (χ1) is 13.8. The molecule has 1 aliphatic heterocycles. The fourth-order valence-corrected chi connectivity index (χ4v) is 3.92. The number of amides is 1. The summed E-state index contributed by atoms with van der Waals surface area (Å²) in [6.45, 7) is 2.64. The number of hydrogen-bond donors (Lipinski definition) is 1. The number of aliphatic hydroxyl groups is 1. The number of ketones is 1. The molecule has 0 saturated carbocycles. The third kappa shape index (κ3) is 4.32. The molecule has 0 radical (unpaired) electrons. The van der Waals surface area contributed by atoms with Crippen LogP contribution in [0.2, 0.25) is 10.0 Å². The Bertz CT molecular complexity index is 969. The number of carbonyl (C=O) groups is 2. The maximum absolute atomic E-state index is 12.9. The number of benzene rings is 2. The van der Waals surface area contributed by atoms with Crippen molar-refractivity contribution >= 4 is 40.7 Å². The van der Waals surface area contributed by atoms with Gasteiger partial charge in [0.15, 0.2) is 0 Å². The zero-order valence-corrected chi connectivity index (χ0v) is 17.6. The summed E-state index contributed by atoms with van der Waals surface area (Å²) in [5, 5.41) is 11.7. The summed E-state index contributed by atoms with van der Waals surface area (Å²) in [4.78, 5) is 27.1. The molecule has 29 heavy (non-hydrogen) atoms. The molecule has 0 bridgehead atoms. The fourth-order valence-electron chi connectivity index (χ4n) is 3.40. The van der Waals surface area contributed by atoms with E-state index >= 15 is 0 Å². The van der Waals surface area contributed by atoms with Crippen molar-refractivity contribution < 1.29 is 19.4 Å². The van der Waals surface area contributed by atoms with E-state index in [9.17, 15) is 14.7 Å². The molecule has 152 valence electrons. The minimum Gasteiger partial charge on any atom is -0.507 e. The van der Waals surface area contributed by atoms with Crippen LogP contribution in [0.25, 0.3) is 5.76 Å². The fraction of sp³-hybridized carbons (Fsp3) is 0.273. The first kappa shape index (κ1) is 21.4. The van der Waals surface area contributed by atoms with Gasteiger partial charge in [0, 0.05) is 35.9 Å². The summed E-state index contributed by atoms with van der Waals surface area (Å²) in [5.41, 5.74) is 2.02. The third-order valence-electron chi connectivity index (χ3n) is 4.87. The molecule has 1 fully saturated rings. The van der Waals surface area contributed by atoms with Crippen LogP contribution in [0.1, 0.15) is 29.2 Å². The monoisotopic (exact) mass is 433 g/mol. The highest BCUT2D eigenvalue weighted by molar-refractivity contribution is 6.47. The van der Waals surface area contributed by atoms with Gasteiger partial charge in [-0.15, -0.1) is 0 Å². The van der Waals surface area contributed by atoms with E-state index in [2.05, 4.69) is 0 Å². The van der Waals surface area contributed by atoms with Crippen LogP contribution in [0.3, 0.4) is 0 Å². The number of hydrogen-bond acceptors (Lipinski definition) is 4. The predicted molar refractivity (Wildman–Crippen MR) is 113 cm³/mol. The number of Topliss-reactive ketones (excluding diaryl/α,β-unsaturated/α-hetero) is 1. The van der Waals surface area contributed by atoms with Crippen molar-refractivity contribution in [1.29, 1.82) is 0 Å². The Balaban J connectivity index is 2.15. The molecule has 2 aromatic rings. The lowest BCUT2D eigenvalue weighted by Crippen LogP contribution is -2.31. The molecule has 5 nitrogen and oxygen atoms in total. The van der Waals surface area contributed by atoms with Crippen LogP contribution in [0.15, 0.2) is 48.0 Å². The molecule has 7 heteroatoms. The number of ether oxygens (including phenoxy) is 1. The molecule has 1 heterocycles. The minimum atomic E-state index is -0.807. The number of carbonyl (C=O) groups excluding carboxylic acids is 2. The Morgan fingerprint density at radius 1 is 1.14 bits per heavy atom. The van der Waals surface area contributed by atoms with E-state index in [0.717, 1.165) is 5.56 Å². The predicted octanol–water partition coefficient (Wildman–Crippen LogP) is 4.76. The number of halogens is 2. The Labute approximate surface area is 179 Å². The quantitative estimate of drug-likeness (QED) is 0.308. The van der Waals surface area contributed by atoms with Crippen LogP contribution in [-0.2, 0) is 14.3 Å². The Hall–Kier alpha value is -2.34. The van der Waals surface area contributed by atoms with Gasteiger partial charge < -0.3 is 14.7 Å². The van der Waals surface area contributed by atoms with Crippen LogP contribution < -0.4 is 0 Å². The minimum absolute atomic E-state index is 0.0143. The lowest BCUT2D eigenvalue weighted by atomic mass is 9.95. The van der Waals surface area contributed by atoms with Crippen molar-refractivity contribution in [3.63, 3.8) is 0 Å². The molecular weight excluding hydrogens is 413 g/mol. The van der Waals surface area contributed by atoms with Crippen LogP contribution in [0.4, 0.5) is 0 Å². The average Bonchev–Trinajstić information content (AvgIpc) is 2.93. The van der Waals surface area contributed by atoms with Gasteiger partial charge in [0.2, 0.25) is 0 Å². The lowest BCUT2D eigenvalue weighted by Gasteiger charge is -2.26. The lowest BCUT2D eigenvalue weighted by molar-refractivity contribution is -0.140. The van der Waals surface area contributed by atoms with E-state index in [-0.39, 0.29) is 17.9 Å². The van der Waals surface area contributed by atoms with Crippen LogP contribution in [-0.4, -0.2) is 42.0 Å². The van der Waals surface area contributed by atoms with Crippen molar-refractivity contribution in [2.45, 2.75) is 19.4 Å². The van der Waals surface area contributed by atoms with E-state index in [1.807, 2.05) is 19.1 Å². The third-order valence-corrected chi connectivity index (χ3v) is 5.43. The standard InChI is InChI=1S/C22H21Cl2NO4/c1-13-4-6-14(7-5-13)20(26)18-19(16-9-8-15(23)12-17(16)24)25(10-3-11-29-2)22(28)21(18)27/h4-9,12,19,26H,3,10-11H2,1-2H3/t19-/m1/s1. The second-order valence-electron chi connectivity index (χ2n) is 6.87. The molecular formula is C22H21Cl2NO4. The number of aryl methyl sites for hydroxylation is 1. The summed E-state index contributed by atoms with van der Waals surface area (Å²) in [5.74, 6) is -1.64. The second kappa shape index (κ2) is 8.99. The largest absolute Gasteiger partial charge is 0.507 e. The van der Waals surface area contributed by atoms with E-state index in [4.69, 9.17) is 27.9 Å². The van der Waals surface area contributed by atoms with Gasteiger partial charge in [-0.05, 0) is 31.0 Å². The normalized spacial score (nSPS) is 18.5. The zero-order chi connectivity index (χ0) is 21.1. The maximum Gasteiger partial charge on any atom is 0.295 e. The topological polar surface area (TPSA) is 66.8 Å². The van der Waals surface area contributed by atoms with Gasteiger partial charge in [0.05, 0.1) is 11.6 Å². The van der Waals surface area contributed by atoms with Gasteiger partial charge in [-0.3, -0.25) is 9.59 Å². The highest BCUT2D eigenvalue weighted by Gasteiger charge is 2.46. The SMILES string of the molecule is COCCCN1C(=O)C(=O)C(=C(O)c2ccc(C)cc2)[C@H]1c1ccc(Cl)cc1Cl. The van der Waals surface area contributed by atoms with Crippen LogP contribution in [0, 0.1) is 6.92 Å². The Morgan fingerprint density at radius 2 is 1.83 bits per heavy atom. The highest BCUT2D eigenvalue weighted by Crippen LogP contribution is 2.42. The zero-order valence-electron chi connectivity index (χ0n) is 16.1. The molecule has 3 rings (SSSR count). The average molecular weight is 434 g/mol. The number of rotatable bonds is 6. The van der Waals surface area contributed by atoms with E-state index in [1.165, 1.54) is 4.90 Å². The molecule has 1 aliphatic rings. The van der Waals surface area contributed by atoms with E-state index < -0.39 is 17.7 Å². The smallest absolute Gasteiger partial charge is 0.295 e. The molecule has 0 unspecified atom stereocenters. The molecule has 1 amide bonds. The summed E-state index contributed by atoms with van der Waals surface area (Å²) in [6.07, 6.45) is 0.538. The summed E-state index contributed by atoms with van der Waals surface area (Å²) in [7, 11) is 1.57. The first-order valence-electron chi connectivity index (χ1n) is 9.14. The summed E-state index contributed by atoms with van der Waals surface area (Å²) in [6, 6.07) is 11.1. The molecule has 1 atom stereocenters. The molecule has 0 aliphatic carbocycles. The van der Waals surface area contributed by atoms with Crippen molar-refractivity contribution in [3.05, 3.63) is 74.8 Å². The van der Waals surface area contributed by atoms with Crippen molar-refractivity contribution in [1.82, 2.24) is 4.90 Å². The van der Waals surface area contributed by atoms with E-state index in [1.54, 1.807) is 37.4 Å². The van der Waals surface area contributed by atoms with E-state index in [0.29, 0.717) is 34.2 Å². The van der Waals surface area contributed by atoms with Crippen molar-refractivity contribution in [2.75, 3.05) is 20.3 Å². The highest BCUT2D eigenvalue weighted by atomic mass is 35.5. The van der Waals surface area contributed by atoms with Gasteiger partial charge in [-0.25, -0.2) is 0 Å². The number of aliphatic hydroxyl groups excluding tert-OH is 1. The molecule has 0 spiro atoms. The van der Waals surface area contributed by atoms with Gasteiger partial charge in [-0.2, -0.15) is 0 Å². The number of methoxy groups -OCH3 is 1. The summed E-state index contributed by atoms with van der Waals surface area (Å²) >= 11 is 12.4. The Morgan fingerprint density at radius 3 is 2.45 bits per heavy atom. The molecule has 0 aromatic heterocycles. The van der Waals surface area contributed by atoms with Gasteiger partial charge in [-0.1, -0.05) is 59.1 Å². The van der Waals surface area contributed by atoms with Gasteiger partial charge in [0.25, 0.3) is 11.7 Å². The van der Waals surface area contributed by atoms with Crippen molar-refractivity contribution in [2.24, 2.45) is 0 Å². The number of likely N-dealkylation sites (tertiary alicyclic amines) is 1. The Kier molecular flexibility index (Phi) is 6.63. The maximum atomic E-state index is 12.9. The first-order valence-corrected chi connectivity index (χ1v) is 9.90. The van der Waals surface area contributed by atoms with Crippen LogP contribution in [0.5, 0.6) is 0 Å². The van der Waals surface area contributed by atoms with Gasteiger partial charge in [0.1, 0.15) is 5.76 Å². The van der Waals surface area contributed by atoms with Crippen molar-refractivity contribution in [3.8, 4) is 0 Å². The summed E-state index contributed by atoms with van der Waals surface area (Å²) < 4.78 is 5.07. The number of nitrogens with zero attached hydrogens (tertiary/aromatic N) is 1. The second-order valence-corrected chi connectivity index (χ2v) is 7.71. The van der Waals surface area contributed by atoms with Gasteiger partial charge >= 0.3 is 0 Å². The molecule has 2 aromatic carbocycles.